The van der Waals surface area contributed by atoms with Gasteiger partial charge in [0.05, 0.1) is 22.4 Å². The molecule has 138 valence electrons. The summed E-state index contributed by atoms with van der Waals surface area (Å²) in [6, 6.07) is 20.1. The maximum atomic E-state index is 12.8. The number of esters is 1. The molecule has 0 aliphatic carbocycles. The van der Waals surface area contributed by atoms with Crippen LogP contribution in [0.15, 0.2) is 72.8 Å². The van der Waals surface area contributed by atoms with E-state index in [0.717, 1.165) is 10.5 Å². The lowest BCUT2D eigenvalue weighted by Gasteiger charge is -2.13. The summed E-state index contributed by atoms with van der Waals surface area (Å²) >= 11 is 5.87. The van der Waals surface area contributed by atoms with E-state index in [1.54, 1.807) is 24.3 Å². The third-order valence-electron chi connectivity index (χ3n) is 4.42. The zero-order chi connectivity index (χ0) is 19.7. The summed E-state index contributed by atoms with van der Waals surface area (Å²) in [5.74, 6) is -1.48. The minimum atomic E-state index is -0.558. The highest BCUT2D eigenvalue weighted by Crippen LogP contribution is 2.30. The molecule has 2 amide bonds. The van der Waals surface area contributed by atoms with Gasteiger partial charge in [0.1, 0.15) is 6.61 Å². The van der Waals surface area contributed by atoms with Gasteiger partial charge in [0.2, 0.25) is 0 Å². The van der Waals surface area contributed by atoms with Crippen molar-refractivity contribution in [2.24, 2.45) is 0 Å². The first-order valence-electron chi connectivity index (χ1n) is 8.54. The second kappa shape index (κ2) is 7.29. The van der Waals surface area contributed by atoms with Gasteiger partial charge in [-0.3, -0.25) is 9.59 Å². The summed E-state index contributed by atoms with van der Waals surface area (Å²) in [4.78, 5) is 38.8. The molecular weight excluding hydrogens is 378 g/mol. The Labute approximate surface area is 166 Å². The van der Waals surface area contributed by atoms with E-state index < -0.39 is 17.8 Å². The van der Waals surface area contributed by atoms with Crippen LogP contribution in [0.4, 0.5) is 5.69 Å². The molecule has 5 nitrogen and oxygen atoms in total. The number of anilines is 1. The SMILES string of the molecule is O=C(OCc1ccccc1)c1ccc2c(c1)C(=O)N(c1ccc(Cl)cc1)C2=O. The van der Waals surface area contributed by atoms with Crippen molar-refractivity contribution in [3.8, 4) is 0 Å². The van der Waals surface area contributed by atoms with Crippen molar-refractivity contribution in [2.75, 3.05) is 4.90 Å². The summed E-state index contributed by atoms with van der Waals surface area (Å²) in [5, 5.41) is 0.504. The molecule has 0 spiro atoms. The van der Waals surface area contributed by atoms with Crippen molar-refractivity contribution in [3.05, 3.63) is 100 Å². The Bertz CT molecular complexity index is 1080. The largest absolute Gasteiger partial charge is 0.457 e. The molecule has 0 radical (unpaired) electrons. The number of imide groups is 1. The first kappa shape index (κ1) is 17.9. The van der Waals surface area contributed by atoms with Crippen LogP contribution in [-0.4, -0.2) is 17.8 Å². The first-order chi connectivity index (χ1) is 13.5. The molecule has 3 aromatic rings. The van der Waals surface area contributed by atoms with Crippen molar-refractivity contribution < 1.29 is 19.1 Å². The van der Waals surface area contributed by atoms with E-state index in [2.05, 4.69) is 0 Å². The van der Waals surface area contributed by atoms with Crippen molar-refractivity contribution in [1.29, 1.82) is 0 Å². The van der Waals surface area contributed by atoms with E-state index in [0.29, 0.717) is 10.7 Å². The van der Waals surface area contributed by atoms with Gasteiger partial charge in [0.15, 0.2) is 0 Å². The minimum Gasteiger partial charge on any atom is -0.457 e. The van der Waals surface area contributed by atoms with Crippen LogP contribution in [0.2, 0.25) is 5.02 Å². The number of fused-ring (bicyclic) bond motifs is 1. The molecular formula is C22H14ClNO4. The maximum absolute atomic E-state index is 12.8. The third-order valence-corrected chi connectivity index (χ3v) is 4.67. The fourth-order valence-corrected chi connectivity index (χ4v) is 3.12. The van der Waals surface area contributed by atoms with Gasteiger partial charge in [-0.05, 0) is 48.0 Å². The van der Waals surface area contributed by atoms with Gasteiger partial charge in [-0.15, -0.1) is 0 Å². The third kappa shape index (κ3) is 3.28. The summed E-state index contributed by atoms with van der Waals surface area (Å²) in [6.07, 6.45) is 0. The molecule has 1 aliphatic heterocycles. The van der Waals surface area contributed by atoms with Gasteiger partial charge in [-0.1, -0.05) is 41.9 Å². The van der Waals surface area contributed by atoms with E-state index in [-0.39, 0.29) is 23.3 Å². The van der Waals surface area contributed by atoms with Gasteiger partial charge in [0, 0.05) is 5.02 Å². The van der Waals surface area contributed by atoms with Crippen LogP contribution >= 0.6 is 11.6 Å². The van der Waals surface area contributed by atoms with Crippen LogP contribution < -0.4 is 4.90 Å². The first-order valence-corrected chi connectivity index (χ1v) is 8.92. The Kier molecular flexibility index (Phi) is 4.67. The average molecular weight is 392 g/mol. The number of hydrogen-bond acceptors (Lipinski definition) is 4. The number of benzene rings is 3. The average Bonchev–Trinajstić information content (AvgIpc) is 2.97. The number of hydrogen-bond donors (Lipinski definition) is 0. The Morgan fingerprint density at radius 1 is 0.857 bits per heavy atom. The predicted octanol–water partition coefficient (Wildman–Crippen LogP) is 4.50. The fraction of sp³-hybridized carbons (Fsp3) is 0.0455. The van der Waals surface area contributed by atoms with Gasteiger partial charge in [0.25, 0.3) is 11.8 Å². The summed E-state index contributed by atoms with van der Waals surface area (Å²) in [6.45, 7) is 0.126. The van der Waals surface area contributed by atoms with Crippen LogP contribution in [0, 0.1) is 0 Å². The number of carbonyl (C=O) groups excluding carboxylic acids is 3. The molecule has 0 aromatic heterocycles. The number of ether oxygens (including phenoxy) is 1. The van der Waals surface area contributed by atoms with E-state index in [4.69, 9.17) is 16.3 Å². The standard InChI is InChI=1S/C22H14ClNO4/c23-16-7-9-17(10-8-16)24-20(25)18-11-6-15(12-19(18)21(24)26)22(27)28-13-14-4-2-1-3-5-14/h1-12H,13H2. The van der Waals surface area contributed by atoms with Gasteiger partial charge < -0.3 is 4.74 Å². The topological polar surface area (TPSA) is 63.7 Å². The monoisotopic (exact) mass is 391 g/mol. The van der Waals surface area contributed by atoms with E-state index >= 15 is 0 Å². The van der Waals surface area contributed by atoms with Crippen LogP contribution in [0.25, 0.3) is 0 Å². The zero-order valence-electron chi connectivity index (χ0n) is 14.6. The highest BCUT2D eigenvalue weighted by molar-refractivity contribution is 6.35. The van der Waals surface area contributed by atoms with Crippen LogP contribution in [0.3, 0.4) is 0 Å². The lowest BCUT2D eigenvalue weighted by atomic mass is 10.1. The number of rotatable bonds is 4. The highest BCUT2D eigenvalue weighted by Gasteiger charge is 2.37. The second-order valence-corrected chi connectivity index (χ2v) is 6.68. The van der Waals surface area contributed by atoms with Crippen LogP contribution in [0.1, 0.15) is 36.6 Å². The van der Waals surface area contributed by atoms with Gasteiger partial charge in [-0.25, -0.2) is 9.69 Å². The summed E-state index contributed by atoms with van der Waals surface area (Å²) in [5.41, 5.74) is 1.92. The van der Waals surface area contributed by atoms with Crippen LogP contribution in [0.5, 0.6) is 0 Å². The Morgan fingerprint density at radius 3 is 2.25 bits per heavy atom. The lowest BCUT2D eigenvalue weighted by Crippen LogP contribution is -2.29. The van der Waals surface area contributed by atoms with Crippen molar-refractivity contribution in [2.45, 2.75) is 6.61 Å². The van der Waals surface area contributed by atoms with E-state index in [1.807, 2.05) is 30.3 Å². The van der Waals surface area contributed by atoms with Crippen molar-refractivity contribution in [1.82, 2.24) is 0 Å². The zero-order valence-corrected chi connectivity index (χ0v) is 15.3. The molecule has 0 fully saturated rings. The summed E-state index contributed by atoms with van der Waals surface area (Å²) in [7, 11) is 0. The summed E-state index contributed by atoms with van der Waals surface area (Å²) < 4.78 is 5.30. The molecule has 0 N–H and O–H groups in total. The smallest absolute Gasteiger partial charge is 0.338 e. The molecule has 1 aliphatic rings. The fourth-order valence-electron chi connectivity index (χ4n) is 3.00. The minimum absolute atomic E-state index is 0.126. The Morgan fingerprint density at radius 2 is 1.54 bits per heavy atom. The number of carbonyl (C=O) groups is 3. The van der Waals surface area contributed by atoms with Crippen molar-refractivity contribution in [3.63, 3.8) is 0 Å². The molecule has 28 heavy (non-hydrogen) atoms. The molecule has 0 unspecified atom stereocenters. The normalized spacial score (nSPS) is 12.8. The van der Waals surface area contributed by atoms with E-state index in [1.165, 1.54) is 18.2 Å². The molecule has 3 aromatic carbocycles. The predicted molar refractivity (Wildman–Crippen MR) is 105 cm³/mol. The molecule has 0 saturated carbocycles. The molecule has 0 bridgehead atoms. The van der Waals surface area contributed by atoms with E-state index in [9.17, 15) is 14.4 Å². The molecule has 4 rings (SSSR count). The van der Waals surface area contributed by atoms with Crippen molar-refractivity contribution >= 4 is 35.1 Å². The second-order valence-electron chi connectivity index (χ2n) is 6.24. The molecule has 6 heteroatoms. The van der Waals surface area contributed by atoms with Gasteiger partial charge in [-0.2, -0.15) is 0 Å². The Hall–Kier alpha value is -3.44. The molecule has 0 saturated heterocycles. The molecule has 1 heterocycles. The number of nitrogens with zero attached hydrogens (tertiary/aromatic N) is 1. The molecule has 0 atom stereocenters. The lowest BCUT2D eigenvalue weighted by molar-refractivity contribution is 0.0472. The number of halogens is 1. The quantitative estimate of drug-likeness (QED) is 0.485. The maximum Gasteiger partial charge on any atom is 0.338 e. The highest BCUT2D eigenvalue weighted by atomic mass is 35.5. The van der Waals surface area contributed by atoms with Crippen LogP contribution in [-0.2, 0) is 11.3 Å². The number of amides is 2. The Balaban J connectivity index is 1.56. The van der Waals surface area contributed by atoms with Gasteiger partial charge >= 0.3 is 5.97 Å².